The third-order valence-electron chi connectivity index (χ3n) is 3.60. The van der Waals surface area contributed by atoms with Crippen LogP contribution in [0.5, 0.6) is 0 Å². The molecule has 1 saturated heterocycles. The second-order valence-corrected chi connectivity index (χ2v) is 5.01. The summed E-state index contributed by atoms with van der Waals surface area (Å²) in [4.78, 5) is 2.35. The van der Waals surface area contributed by atoms with Gasteiger partial charge in [-0.05, 0) is 36.5 Å². The highest BCUT2D eigenvalue weighted by molar-refractivity contribution is 5.72. The fraction of sp³-hybridized carbons (Fsp3) is 0.375. The Morgan fingerprint density at radius 1 is 1.21 bits per heavy atom. The van der Waals surface area contributed by atoms with Crippen LogP contribution < -0.4 is 4.90 Å². The van der Waals surface area contributed by atoms with E-state index < -0.39 is 0 Å². The molecule has 2 rings (SSSR count). The smallest absolute Gasteiger partial charge is 0.130 e. The monoisotopic (exact) mass is 251 g/mol. The molecule has 0 amide bonds. The molecule has 1 heterocycles. The number of hydrogen-bond donors (Lipinski definition) is 0. The van der Waals surface area contributed by atoms with Crippen molar-refractivity contribution in [3.05, 3.63) is 35.4 Å². The standard InChI is InChI=1S/C16H17N3/c1-13-6-8-19(9-7-13)16-5-3-2-4-15(16)10-14(11-17)12-18/h2-5,10,13H,6-9H2,1H3. The number of para-hydroxylation sites is 1. The number of piperidine rings is 1. The van der Waals surface area contributed by atoms with Gasteiger partial charge in [-0.25, -0.2) is 0 Å². The van der Waals surface area contributed by atoms with E-state index in [9.17, 15) is 0 Å². The zero-order valence-electron chi connectivity index (χ0n) is 11.1. The number of anilines is 1. The van der Waals surface area contributed by atoms with E-state index in [1.807, 2.05) is 30.3 Å². The second-order valence-electron chi connectivity index (χ2n) is 5.01. The lowest BCUT2D eigenvalue weighted by Gasteiger charge is -2.33. The van der Waals surface area contributed by atoms with Crippen molar-refractivity contribution in [2.45, 2.75) is 19.8 Å². The summed E-state index contributed by atoms with van der Waals surface area (Å²) in [6.45, 7) is 4.37. The normalized spacial score (nSPS) is 15.4. The maximum Gasteiger partial charge on any atom is 0.130 e. The van der Waals surface area contributed by atoms with Gasteiger partial charge in [-0.2, -0.15) is 10.5 Å². The Balaban J connectivity index is 2.30. The van der Waals surface area contributed by atoms with Gasteiger partial charge in [-0.1, -0.05) is 25.1 Å². The summed E-state index contributed by atoms with van der Waals surface area (Å²) in [6.07, 6.45) is 4.07. The van der Waals surface area contributed by atoms with Gasteiger partial charge in [0.2, 0.25) is 0 Å². The first-order valence-electron chi connectivity index (χ1n) is 6.60. The summed E-state index contributed by atoms with van der Waals surface area (Å²) in [7, 11) is 0. The van der Waals surface area contributed by atoms with Crippen molar-refractivity contribution in [2.24, 2.45) is 5.92 Å². The maximum atomic E-state index is 8.87. The number of hydrogen-bond acceptors (Lipinski definition) is 3. The summed E-state index contributed by atoms with van der Waals surface area (Å²) < 4.78 is 0. The van der Waals surface area contributed by atoms with Crippen molar-refractivity contribution in [3.63, 3.8) is 0 Å². The Labute approximate surface area is 114 Å². The quantitative estimate of drug-likeness (QED) is 0.757. The third kappa shape index (κ3) is 3.14. The van der Waals surface area contributed by atoms with Crippen LogP contribution in [0.1, 0.15) is 25.3 Å². The van der Waals surface area contributed by atoms with Crippen LogP contribution in [0.3, 0.4) is 0 Å². The minimum atomic E-state index is 0.151. The highest BCUT2D eigenvalue weighted by atomic mass is 15.1. The summed E-state index contributed by atoms with van der Waals surface area (Å²) in [5.41, 5.74) is 2.23. The molecule has 0 spiro atoms. The summed E-state index contributed by atoms with van der Waals surface area (Å²) in [5.74, 6) is 0.785. The zero-order valence-corrected chi connectivity index (χ0v) is 11.1. The van der Waals surface area contributed by atoms with Crippen LogP contribution in [0.15, 0.2) is 29.8 Å². The van der Waals surface area contributed by atoms with E-state index in [0.29, 0.717) is 0 Å². The number of nitriles is 2. The Morgan fingerprint density at radius 2 is 1.84 bits per heavy atom. The van der Waals surface area contributed by atoms with Crippen molar-refractivity contribution < 1.29 is 0 Å². The van der Waals surface area contributed by atoms with Gasteiger partial charge in [0, 0.05) is 18.8 Å². The molecule has 0 unspecified atom stereocenters. The average molecular weight is 251 g/mol. The predicted octanol–water partition coefficient (Wildman–Crippen LogP) is 3.35. The number of nitrogens with zero attached hydrogens (tertiary/aromatic N) is 3. The van der Waals surface area contributed by atoms with E-state index in [2.05, 4.69) is 17.9 Å². The van der Waals surface area contributed by atoms with Gasteiger partial charge in [0.1, 0.15) is 17.7 Å². The molecule has 1 fully saturated rings. The van der Waals surface area contributed by atoms with Crippen LogP contribution in [0.25, 0.3) is 6.08 Å². The molecule has 96 valence electrons. The SMILES string of the molecule is CC1CCN(c2ccccc2C=C(C#N)C#N)CC1. The highest BCUT2D eigenvalue weighted by Crippen LogP contribution is 2.27. The van der Waals surface area contributed by atoms with Crippen LogP contribution in [-0.4, -0.2) is 13.1 Å². The molecule has 0 atom stereocenters. The summed E-state index contributed by atoms with van der Waals surface area (Å²) >= 11 is 0. The Kier molecular flexibility index (Phi) is 4.21. The summed E-state index contributed by atoms with van der Waals surface area (Å²) in [6, 6.07) is 11.8. The lowest BCUT2D eigenvalue weighted by atomic mass is 9.98. The first-order chi connectivity index (χ1) is 9.24. The van der Waals surface area contributed by atoms with Gasteiger partial charge in [0.25, 0.3) is 0 Å². The summed E-state index contributed by atoms with van der Waals surface area (Å²) in [5, 5.41) is 17.7. The molecular formula is C16H17N3. The zero-order chi connectivity index (χ0) is 13.7. The van der Waals surface area contributed by atoms with Crippen molar-refractivity contribution in [1.29, 1.82) is 10.5 Å². The Bertz CT molecular complexity index is 536. The minimum Gasteiger partial charge on any atom is -0.371 e. The fourth-order valence-electron chi connectivity index (χ4n) is 2.39. The van der Waals surface area contributed by atoms with Crippen molar-refractivity contribution >= 4 is 11.8 Å². The lowest BCUT2D eigenvalue weighted by molar-refractivity contribution is 0.438. The van der Waals surface area contributed by atoms with Gasteiger partial charge in [-0.3, -0.25) is 0 Å². The Morgan fingerprint density at radius 3 is 2.47 bits per heavy atom. The molecule has 1 aliphatic heterocycles. The number of benzene rings is 1. The van der Waals surface area contributed by atoms with Crippen LogP contribution in [0.4, 0.5) is 5.69 Å². The first kappa shape index (κ1) is 13.2. The van der Waals surface area contributed by atoms with E-state index in [1.54, 1.807) is 6.08 Å². The minimum absolute atomic E-state index is 0.151. The van der Waals surface area contributed by atoms with E-state index >= 15 is 0 Å². The first-order valence-corrected chi connectivity index (χ1v) is 6.60. The maximum absolute atomic E-state index is 8.87. The number of rotatable bonds is 2. The van der Waals surface area contributed by atoms with Crippen LogP contribution in [0.2, 0.25) is 0 Å². The van der Waals surface area contributed by atoms with Gasteiger partial charge >= 0.3 is 0 Å². The molecule has 0 radical (unpaired) electrons. The Hall–Kier alpha value is -2.26. The fourth-order valence-corrected chi connectivity index (χ4v) is 2.39. The van der Waals surface area contributed by atoms with E-state index in [4.69, 9.17) is 10.5 Å². The van der Waals surface area contributed by atoms with Crippen molar-refractivity contribution in [3.8, 4) is 12.1 Å². The molecule has 0 N–H and O–H groups in total. The van der Waals surface area contributed by atoms with E-state index in [0.717, 1.165) is 30.3 Å². The predicted molar refractivity (Wildman–Crippen MR) is 76.3 cm³/mol. The highest BCUT2D eigenvalue weighted by Gasteiger charge is 2.17. The molecule has 1 aromatic carbocycles. The molecule has 3 heteroatoms. The molecule has 1 aliphatic rings. The van der Waals surface area contributed by atoms with Crippen molar-refractivity contribution in [1.82, 2.24) is 0 Å². The van der Waals surface area contributed by atoms with Crippen LogP contribution in [0, 0.1) is 28.6 Å². The third-order valence-corrected chi connectivity index (χ3v) is 3.60. The van der Waals surface area contributed by atoms with Crippen molar-refractivity contribution in [2.75, 3.05) is 18.0 Å². The average Bonchev–Trinajstić information content (AvgIpc) is 2.46. The van der Waals surface area contributed by atoms with Gasteiger partial charge in [0.05, 0.1) is 0 Å². The largest absolute Gasteiger partial charge is 0.371 e. The molecule has 0 saturated carbocycles. The molecule has 19 heavy (non-hydrogen) atoms. The van der Waals surface area contributed by atoms with E-state index in [1.165, 1.54) is 12.8 Å². The van der Waals surface area contributed by atoms with Crippen LogP contribution in [-0.2, 0) is 0 Å². The van der Waals surface area contributed by atoms with Crippen LogP contribution >= 0.6 is 0 Å². The van der Waals surface area contributed by atoms with Gasteiger partial charge < -0.3 is 4.90 Å². The number of allylic oxidation sites excluding steroid dienone is 1. The molecule has 1 aromatic rings. The van der Waals surface area contributed by atoms with E-state index in [-0.39, 0.29) is 5.57 Å². The van der Waals surface area contributed by atoms with Gasteiger partial charge in [0.15, 0.2) is 0 Å². The van der Waals surface area contributed by atoms with Gasteiger partial charge in [-0.15, -0.1) is 0 Å². The molecule has 0 aliphatic carbocycles. The molecular weight excluding hydrogens is 234 g/mol. The molecule has 0 aromatic heterocycles. The molecule has 0 bridgehead atoms. The second kappa shape index (κ2) is 6.07. The lowest BCUT2D eigenvalue weighted by Crippen LogP contribution is -2.33. The topological polar surface area (TPSA) is 50.8 Å². The molecule has 3 nitrogen and oxygen atoms in total.